The van der Waals surface area contributed by atoms with Gasteiger partial charge < -0.3 is 67.8 Å². The van der Waals surface area contributed by atoms with Crippen LogP contribution < -0.4 is 39.1 Å². The maximum atomic E-state index is 14.6. The van der Waals surface area contributed by atoms with Crippen LogP contribution >= 0.6 is 46.4 Å². The highest BCUT2D eigenvalue weighted by Crippen LogP contribution is 2.42. The van der Waals surface area contributed by atoms with Crippen LogP contribution in [0.4, 0.5) is 0 Å². The predicted octanol–water partition coefficient (Wildman–Crippen LogP) is 12.4. The molecule has 528 valence electrons. The van der Waals surface area contributed by atoms with Crippen LogP contribution in [0.5, 0.6) is 34.5 Å². The highest BCUT2D eigenvalue weighted by atomic mass is 35.5. The fraction of sp³-hybridized carbons (Fsp3) is 0.387. The number of Topliss-reactive ketones (excluding diaryl/α,β-unsaturated/α-hetero) is 1. The quantitative estimate of drug-likeness (QED) is 0.0214. The van der Waals surface area contributed by atoms with Gasteiger partial charge in [-0.15, -0.1) is 0 Å². The monoisotopic (exact) mass is 1440 g/mol. The lowest BCUT2D eigenvalue weighted by atomic mass is 9.91. The largest absolute Gasteiger partial charge is 0.493 e. The Morgan fingerprint density at radius 2 is 1.22 bits per heavy atom. The van der Waals surface area contributed by atoms with Crippen molar-refractivity contribution in [2.75, 3.05) is 108 Å². The number of carbonyl (C=O) groups excluding carboxylic acids is 6. The molecule has 2 fully saturated rings. The van der Waals surface area contributed by atoms with E-state index in [2.05, 4.69) is 10.6 Å². The van der Waals surface area contributed by atoms with Crippen molar-refractivity contribution in [3.05, 3.63) is 186 Å². The predicted molar refractivity (Wildman–Crippen MR) is 380 cm³/mol. The highest BCUT2D eigenvalue weighted by Gasteiger charge is 2.39. The number of esters is 1. The lowest BCUT2D eigenvalue weighted by Gasteiger charge is -2.37. The molecule has 2 heterocycles. The van der Waals surface area contributed by atoms with Gasteiger partial charge in [0.2, 0.25) is 23.5 Å². The third-order valence-corrected chi connectivity index (χ3v) is 18.2. The average Bonchev–Trinajstić information content (AvgIpc) is 0.814. The summed E-state index contributed by atoms with van der Waals surface area (Å²) in [5.41, 5.74) is 4.91. The van der Waals surface area contributed by atoms with Gasteiger partial charge in [0.25, 0.3) is 5.91 Å². The van der Waals surface area contributed by atoms with Gasteiger partial charge in [-0.1, -0.05) is 114 Å². The van der Waals surface area contributed by atoms with Crippen LogP contribution in [-0.4, -0.2) is 165 Å². The highest BCUT2D eigenvalue weighted by molar-refractivity contribution is 6.42. The number of hydrogen-bond donors (Lipinski definition) is 2. The zero-order valence-electron chi connectivity index (χ0n) is 56.4. The molecule has 0 saturated carbocycles. The molecule has 0 bridgehead atoms. The SMILES string of the molecule is CC[C@H](C(=O)N1CCCC[C@H]1C(=O)O[C@H](CCc1ccc(OC)c(OC)c1)c1cccc(OCC(=O)NCCOCCOCCOCCC(=O)N[C@@H](Cc2ccccc2)C(=O)N2C/C(=C\c3ccc(Cl)c(Cl)c3)C(=O)/C(=C/c3ccc(Cl)c(Cl)c3)C2)c1)c1cc(OC)c(OC)c(OC)c1. The normalized spacial score (nSPS) is 15.6. The van der Waals surface area contributed by atoms with Gasteiger partial charge in [-0.3, -0.25) is 24.0 Å². The molecule has 0 aliphatic carbocycles. The first-order valence-electron chi connectivity index (χ1n) is 32.7. The first-order chi connectivity index (χ1) is 47.9. The smallest absolute Gasteiger partial charge is 0.329 e. The van der Waals surface area contributed by atoms with Crippen molar-refractivity contribution in [3.8, 4) is 34.5 Å². The molecule has 0 aromatic heterocycles. The summed E-state index contributed by atoms with van der Waals surface area (Å²) in [7, 11) is 7.69. The Morgan fingerprint density at radius 1 is 0.596 bits per heavy atom. The number of aryl methyl sites for hydroxylation is 1. The second-order valence-corrected chi connectivity index (χ2v) is 25.1. The zero-order chi connectivity index (χ0) is 70.8. The number of rotatable bonds is 35. The lowest BCUT2D eigenvalue weighted by molar-refractivity contribution is -0.162. The Morgan fingerprint density at radius 3 is 1.83 bits per heavy atom. The van der Waals surface area contributed by atoms with Gasteiger partial charge in [0.15, 0.2) is 35.4 Å². The van der Waals surface area contributed by atoms with E-state index in [0.717, 1.165) is 24.0 Å². The van der Waals surface area contributed by atoms with Gasteiger partial charge in [0, 0.05) is 50.2 Å². The number of piperidine rings is 2. The molecule has 20 nitrogen and oxygen atoms in total. The molecule has 2 N–H and O–H groups in total. The minimum absolute atomic E-state index is 0.0375. The van der Waals surface area contributed by atoms with Crippen molar-refractivity contribution in [3.63, 3.8) is 0 Å². The van der Waals surface area contributed by atoms with Crippen LogP contribution in [0.1, 0.15) is 90.9 Å². The maximum Gasteiger partial charge on any atom is 0.329 e. The molecular weight excluding hydrogens is 1350 g/mol. The van der Waals surface area contributed by atoms with Gasteiger partial charge in [0.05, 0.1) is 101 Å². The van der Waals surface area contributed by atoms with Gasteiger partial charge in [-0.05, 0) is 145 Å². The number of ether oxygens (including phenoxy) is 10. The summed E-state index contributed by atoms with van der Waals surface area (Å²) in [4.78, 5) is 87.5. The van der Waals surface area contributed by atoms with Crippen LogP contribution in [0.25, 0.3) is 12.2 Å². The van der Waals surface area contributed by atoms with E-state index >= 15 is 0 Å². The Kier molecular flexibility index (Phi) is 30.0. The van der Waals surface area contributed by atoms with E-state index in [4.69, 9.17) is 93.8 Å². The van der Waals surface area contributed by atoms with Gasteiger partial charge >= 0.3 is 5.97 Å². The molecule has 2 aliphatic rings. The van der Waals surface area contributed by atoms with Crippen LogP contribution in [0.3, 0.4) is 0 Å². The summed E-state index contributed by atoms with van der Waals surface area (Å²) in [6.07, 6.45) is 5.88. The molecule has 4 atom stereocenters. The fourth-order valence-corrected chi connectivity index (χ4v) is 12.3. The van der Waals surface area contributed by atoms with E-state index in [1.54, 1.807) is 103 Å². The number of hydrogen-bond acceptors (Lipinski definition) is 16. The molecule has 6 aromatic rings. The molecule has 0 spiro atoms. The number of ketones is 1. The molecule has 0 unspecified atom stereocenters. The first-order valence-corrected chi connectivity index (χ1v) is 34.2. The Balaban J connectivity index is 0.780. The van der Waals surface area contributed by atoms with E-state index in [1.807, 2.05) is 61.5 Å². The van der Waals surface area contributed by atoms with Crippen molar-refractivity contribution in [2.45, 2.75) is 82.4 Å². The summed E-state index contributed by atoms with van der Waals surface area (Å²) in [5.74, 6) is -0.0391. The number of carbonyl (C=O) groups is 6. The molecule has 8 rings (SSSR count). The standard InChI is InChI=1S/C75H84Cl4N4O16/c1-7-57(53-43-67(92-4)72(94-6)68(44-53)93-5)73(87)83-29-12-11-18-63(83)75(89)99-64(25-21-49-22-26-65(90-2)66(41-49)91-3)52-16-13-17-56(42-52)98-47-70(85)80-28-31-96-33-35-97-34-32-95-30-27-69(84)81-62(40-48-14-9-8-10-15-48)74(88)82-45-54(36-50-19-23-58(76)60(78)38-50)71(86)55(46-82)37-51-20-24-59(77)61(79)39-51/h8-10,13-17,19-20,22-24,26,36-39,41-44,57,62-64H,7,11-12,18,21,25,27-35,40,45-47H2,1-6H3,(H,80,85)(H,81,84)/b54-36+,55-37+/t57-,62-,63-,64+/m0/s1. The molecule has 2 aliphatic heterocycles. The average molecular weight is 1440 g/mol. The number of methoxy groups -OCH3 is 5. The van der Waals surface area contributed by atoms with E-state index in [0.29, 0.717) is 120 Å². The van der Waals surface area contributed by atoms with Crippen molar-refractivity contribution in [2.24, 2.45) is 0 Å². The fourth-order valence-electron chi connectivity index (χ4n) is 11.7. The molecule has 4 amide bonds. The van der Waals surface area contributed by atoms with Crippen molar-refractivity contribution >= 4 is 93.9 Å². The van der Waals surface area contributed by atoms with Crippen LogP contribution in [0.2, 0.25) is 20.1 Å². The van der Waals surface area contributed by atoms with Crippen molar-refractivity contribution < 1.29 is 76.1 Å². The first kappa shape index (κ1) is 76.4. The van der Waals surface area contributed by atoms with Crippen molar-refractivity contribution in [1.29, 1.82) is 0 Å². The third-order valence-electron chi connectivity index (χ3n) is 16.7. The molecular formula is C75H84Cl4N4O16. The molecule has 2 saturated heterocycles. The summed E-state index contributed by atoms with van der Waals surface area (Å²) in [5, 5.41) is 7.03. The number of nitrogens with one attached hydrogen (secondary N) is 2. The van der Waals surface area contributed by atoms with E-state index in [-0.39, 0.29) is 96.3 Å². The number of nitrogens with zero attached hydrogens (tertiary/aromatic N) is 2. The molecule has 99 heavy (non-hydrogen) atoms. The van der Waals surface area contributed by atoms with Crippen LogP contribution in [-0.2, 0) is 60.6 Å². The number of likely N-dealkylation sites (tertiary alicyclic amines) is 2. The Bertz CT molecular complexity index is 3720. The molecule has 6 aromatic carbocycles. The summed E-state index contributed by atoms with van der Waals surface area (Å²) in [6.45, 7) is 3.28. The van der Waals surface area contributed by atoms with Gasteiger partial charge in [-0.2, -0.15) is 0 Å². The third kappa shape index (κ3) is 22.1. The van der Waals surface area contributed by atoms with E-state index < -0.39 is 41.9 Å². The zero-order valence-corrected chi connectivity index (χ0v) is 59.4. The topological polar surface area (TPSA) is 225 Å². The molecule has 24 heteroatoms. The molecule has 0 radical (unpaired) electrons. The number of halogens is 4. The summed E-state index contributed by atoms with van der Waals surface area (Å²) < 4.78 is 57.3. The number of amides is 4. The summed E-state index contributed by atoms with van der Waals surface area (Å²) in [6, 6.07) is 33.7. The van der Waals surface area contributed by atoms with Gasteiger partial charge in [-0.25, -0.2) is 4.79 Å². The summed E-state index contributed by atoms with van der Waals surface area (Å²) >= 11 is 25.0. The maximum absolute atomic E-state index is 14.6. The van der Waals surface area contributed by atoms with Gasteiger partial charge in [0.1, 0.15) is 23.9 Å². The lowest BCUT2D eigenvalue weighted by Crippen LogP contribution is -2.52. The minimum atomic E-state index is -0.986. The Labute approximate surface area is 597 Å². The van der Waals surface area contributed by atoms with Crippen molar-refractivity contribution in [1.82, 2.24) is 20.4 Å². The second kappa shape index (κ2) is 38.9. The van der Waals surface area contributed by atoms with E-state index in [1.165, 1.54) is 21.3 Å². The minimum Gasteiger partial charge on any atom is -0.493 e. The second-order valence-electron chi connectivity index (χ2n) is 23.4. The van der Waals surface area contributed by atoms with E-state index in [9.17, 15) is 28.8 Å². The Hall–Kier alpha value is -8.34. The van der Waals surface area contributed by atoms with Crippen LogP contribution in [0.15, 0.2) is 132 Å². The van der Waals surface area contributed by atoms with Crippen LogP contribution in [0, 0.1) is 0 Å². The number of benzene rings is 6.